The molecule has 0 bridgehead atoms. The van der Waals surface area contributed by atoms with Crippen LogP contribution in [0, 0.1) is 0 Å². The first-order valence-electron chi connectivity index (χ1n) is 11.8. The fourth-order valence-electron chi connectivity index (χ4n) is 3.67. The Balaban J connectivity index is 1.69. The first-order valence-corrected chi connectivity index (χ1v) is 11.8. The molecular weight excluding hydrogens is 432 g/mol. The number of benzene rings is 2. The van der Waals surface area contributed by atoms with Crippen LogP contribution in [0.5, 0.6) is 5.75 Å². The van der Waals surface area contributed by atoms with Crippen molar-refractivity contribution >= 4 is 22.6 Å². The first-order chi connectivity index (χ1) is 16.5. The first kappa shape index (κ1) is 25.0. The van der Waals surface area contributed by atoms with E-state index in [9.17, 15) is 14.4 Å². The van der Waals surface area contributed by atoms with Crippen LogP contribution in [0.3, 0.4) is 0 Å². The average Bonchev–Trinajstić information content (AvgIpc) is 2.87. The van der Waals surface area contributed by atoms with Crippen LogP contribution in [0.15, 0.2) is 53.3 Å². The molecule has 8 nitrogen and oxygen atoms in total. The number of unbranched alkanes of at least 4 members (excludes halogenated alkanes) is 2. The molecule has 2 N–H and O–H groups in total. The Bertz CT molecular complexity index is 1200. The van der Waals surface area contributed by atoms with Gasteiger partial charge in [-0.25, -0.2) is 4.68 Å². The molecule has 0 saturated heterocycles. The van der Waals surface area contributed by atoms with Crippen LogP contribution in [0.4, 0.5) is 0 Å². The number of ether oxygens (including phenoxy) is 1. The van der Waals surface area contributed by atoms with E-state index in [-0.39, 0.29) is 17.9 Å². The van der Waals surface area contributed by atoms with Gasteiger partial charge in [0.25, 0.3) is 17.4 Å². The van der Waals surface area contributed by atoms with Gasteiger partial charge in [0, 0.05) is 11.9 Å². The van der Waals surface area contributed by atoms with E-state index in [0.29, 0.717) is 29.0 Å². The second-order valence-electron chi connectivity index (χ2n) is 8.27. The Labute approximate surface area is 199 Å². The Hall–Kier alpha value is -3.68. The number of hydrogen-bond acceptors (Lipinski definition) is 5. The van der Waals surface area contributed by atoms with Crippen LogP contribution in [0.1, 0.15) is 68.4 Å². The van der Waals surface area contributed by atoms with Crippen molar-refractivity contribution in [3.63, 3.8) is 0 Å². The maximum absolute atomic E-state index is 12.9. The van der Waals surface area contributed by atoms with Crippen LogP contribution in [-0.2, 0) is 11.3 Å². The van der Waals surface area contributed by atoms with E-state index in [4.69, 9.17) is 4.74 Å². The molecule has 3 rings (SSSR count). The maximum atomic E-state index is 12.9. The molecule has 0 saturated carbocycles. The van der Waals surface area contributed by atoms with Crippen LogP contribution in [-0.4, -0.2) is 28.2 Å². The molecule has 8 heteroatoms. The fourth-order valence-corrected chi connectivity index (χ4v) is 3.67. The second-order valence-corrected chi connectivity index (χ2v) is 8.27. The number of nitrogens with one attached hydrogen (secondary N) is 2. The summed E-state index contributed by atoms with van der Waals surface area (Å²) in [6.45, 7) is 6.44. The summed E-state index contributed by atoms with van der Waals surface area (Å²) >= 11 is 0. The summed E-state index contributed by atoms with van der Waals surface area (Å²) < 4.78 is 7.02. The Morgan fingerprint density at radius 1 is 1.00 bits per heavy atom. The average molecular weight is 465 g/mol. The number of aryl methyl sites for hydroxylation is 1. The van der Waals surface area contributed by atoms with Gasteiger partial charge in [-0.2, -0.15) is 5.10 Å². The predicted octanol–water partition coefficient (Wildman–Crippen LogP) is 3.94. The van der Waals surface area contributed by atoms with Gasteiger partial charge >= 0.3 is 0 Å². The molecular formula is C26H32N4O4. The number of rotatable bonds is 10. The third-order valence-corrected chi connectivity index (χ3v) is 5.79. The quantitative estimate of drug-likeness (QED) is 0.350. The molecule has 3 aromatic rings. The highest BCUT2D eigenvalue weighted by Crippen LogP contribution is 2.28. The van der Waals surface area contributed by atoms with Crippen LogP contribution >= 0.6 is 0 Å². The number of aromatic nitrogens is 2. The molecule has 0 fully saturated rings. The Morgan fingerprint density at radius 3 is 2.44 bits per heavy atom. The van der Waals surface area contributed by atoms with Gasteiger partial charge in [-0.15, -0.1) is 0 Å². The number of amides is 2. The summed E-state index contributed by atoms with van der Waals surface area (Å²) in [6, 6.07) is 14.4. The largest absolute Gasteiger partial charge is 0.483 e. The minimum absolute atomic E-state index is 0.0787. The Kier molecular flexibility index (Phi) is 8.79. The van der Waals surface area contributed by atoms with Crippen LogP contribution in [0.2, 0.25) is 0 Å². The lowest BCUT2D eigenvalue weighted by Crippen LogP contribution is -2.44. The number of carbonyl (C=O) groups is 2. The number of para-hydroxylation sites is 1. The monoisotopic (exact) mass is 464 g/mol. The molecule has 180 valence electrons. The van der Waals surface area contributed by atoms with Crippen LogP contribution in [0.25, 0.3) is 10.8 Å². The third kappa shape index (κ3) is 6.01. The van der Waals surface area contributed by atoms with Crippen molar-refractivity contribution in [2.24, 2.45) is 0 Å². The van der Waals surface area contributed by atoms with Crippen molar-refractivity contribution in [3.8, 4) is 5.75 Å². The third-order valence-electron chi connectivity index (χ3n) is 5.79. The van der Waals surface area contributed by atoms with Gasteiger partial charge in [0.2, 0.25) is 0 Å². The molecule has 0 aliphatic rings. The van der Waals surface area contributed by atoms with E-state index in [0.717, 1.165) is 31.2 Å². The fraction of sp³-hybridized carbons (Fsp3) is 0.385. The van der Waals surface area contributed by atoms with Crippen molar-refractivity contribution in [3.05, 3.63) is 70.1 Å². The number of hydrogen-bond donors (Lipinski definition) is 2. The zero-order valence-electron chi connectivity index (χ0n) is 20.0. The highest BCUT2D eigenvalue weighted by atomic mass is 16.5. The zero-order chi connectivity index (χ0) is 24.5. The summed E-state index contributed by atoms with van der Waals surface area (Å²) in [6.07, 6.45) is 3.70. The molecule has 0 radical (unpaired) electrons. The highest BCUT2D eigenvalue weighted by Gasteiger charge is 2.18. The maximum Gasteiger partial charge on any atom is 0.290 e. The number of nitrogens with zero attached hydrogens (tertiary/aromatic N) is 2. The molecule has 0 spiro atoms. The Morgan fingerprint density at radius 2 is 1.71 bits per heavy atom. The van der Waals surface area contributed by atoms with Crippen molar-refractivity contribution in [2.75, 3.05) is 6.61 Å². The second kappa shape index (κ2) is 12.0. The highest BCUT2D eigenvalue weighted by molar-refractivity contribution is 6.05. The van der Waals surface area contributed by atoms with E-state index in [1.165, 1.54) is 4.68 Å². The number of hydrazine groups is 1. The minimum atomic E-state index is -0.603. The van der Waals surface area contributed by atoms with Crippen molar-refractivity contribution < 1.29 is 14.3 Å². The van der Waals surface area contributed by atoms with E-state index < -0.39 is 11.8 Å². The molecule has 34 heavy (non-hydrogen) atoms. The predicted molar refractivity (Wildman–Crippen MR) is 132 cm³/mol. The molecule has 1 unspecified atom stereocenters. The minimum Gasteiger partial charge on any atom is -0.483 e. The van der Waals surface area contributed by atoms with Gasteiger partial charge in [-0.05, 0) is 36.5 Å². The topological polar surface area (TPSA) is 102 Å². The smallest absolute Gasteiger partial charge is 0.290 e. The van der Waals surface area contributed by atoms with E-state index in [2.05, 4.69) is 36.7 Å². The van der Waals surface area contributed by atoms with Gasteiger partial charge in [0.1, 0.15) is 5.75 Å². The van der Waals surface area contributed by atoms with Crippen molar-refractivity contribution in [1.29, 1.82) is 0 Å². The molecule has 0 aliphatic heterocycles. The summed E-state index contributed by atoms with van der Waals surface area (Å²) in [7, 11) is 0. The number of fused-ring (bicyclic) bond motifs is 1. The normalized spacial score (nSPS) is 11.7. The van der Waals surface area contributed by atoms with E-state index >= 15 is 0 Å². The molecule has 1 heterocycles. The molecule has 1 aromatic heterocycles. The molecule has 0 aliphatic carbocycles. The van der Waals surface area contributed by atoms with Gasteiger partial charge < -0.3 is 4.74 Å². The molecule has 2 aromatic carbocycles. The van der Waals surface area contributed by atoms with Gasteiger partial charge in [0.15, 0.2) is 12.3 Å². The lowest BCUT2D eigenvalue weighted by atomic mass is 9.98. The van der Waals surface area contributed by atoms with Crippen LogP contribution < -0.4 is 21.1 Å². The standard InChI is InChI=1S/C26H32N4O4/c1-4-6-11-16-30-26(33)21-14-8-7-13-20(21)24(29-30)25(32)28-27-23(31)17-34-22-15-10-9-12-19(22)18(3)5-2/h7-10,12-15,18H,4-6,11,16-17H2,1-3H3,(H,27,31)(H,28,32). The SMILES string of the molecule is CCCCCn1nc(C(=O)NNC(=O)COc2ccccc2C(C)CC)c2ccccc2c1=O. The van der Waals surface area contributed by atoms with E-state index in [1.807, 2.05) is 24.3 Å². The summed E-state index contributed by atoms with van der Waals surface area (Å²) in [5.74, 6) is -0.168. The lowest BCUT2D eigenvalue weighted by molar-refractivity contribution is -0.123. The van der Waals surface area contributed by atoms with Gasteiger partial charge in [-0.1, -0.05) is 70.0 Å². The summed E-state index contributed by atoms with van der Waals surface area (Å²) in [5.41, 5.74) is 5.64. The number of carbonyl (C=O) groups excluding carboxylic acids is 2. The zero-order valence-corrected chi connectivity index (χ0v) is 20.0. The summed E-state index contributed by atoms with van der Waals surface area (Å²) in [4.78, 5) is 38.0. The van der Waals surface area contributed by atoms with Gasteiger partial charge in [0.05, 0.1) is 5.39 Å². The van der Waals surface area contributed by atoms with E-state index in [1.54, 1.807) is 24.3 Å². The molecule has 2 amide bonds. The van der Waals surface area contributed by atoms with Crippen molar-refractivity contribution in [1.82, 2.24) is 20.6 Å². The lowest BCUT2D eigenvalue weighted by Gasteiger charge is -2.15. The van der Waals surface area contributed by atoms with Crippen molar-refractivity contribution in [2.45, 2.75) is 58.9 Å². The van der Waals surface area contributed by atoms with Gasteiger partial charge in [-0.3, -0.25) is 25.2 Å². The summed E-state index contributed by atoms with van der Waals surface area (Å²) in [5, 5.41) is 5.14. The molecule has 1 atom stereocenters.